The van der Waals surface area contributed by atoms with Crippen molar-refractivity contribution in [1.82, 2.24) is 4.57 Å². The lowest BCUT2D eigenvalue weighted by Crippen LogP contribution is -2.00. The van der Waals surface area contributed by atoms with Crippen LogP contribution in [0.3, 0.4) is 0 Å². The Kier molecular flexibility index (Phi) is 3.38. The van der Waals surface area contributed by atoms with E-state index in [1.165, 1.54) is 0 Å². The Balaban J connectivity index is 2.87. The Bertz CT molecular complexity index is 763. The predicted molar refractivity (Wildman–Crippen MR) is 73.2 cm³/mol. The van der Waals surface area contributed by atoms with E-state index in [1.54, 1.807) is 26.0 Å². The first kappa shape index (κ1) is 13.0. The van der Waals surface area contributed by atoms with Crippen LogP contribution < -0.4 is 0 Å². The van der Waals surface area contributed by atoms with Crippen LogP contribution in [0.1, 0.15) is 12.6 Å². The van der Waals surface area contributed by atoms with Gasteiger partial charge < -0.3 is 4.57 Å². The van der Waals surface area contributed by atoms with Crippen molar-refractivity contribution in [3.8, 4) is 11.8 Å². The summed E-state index contributed by atoms with van der Waals surface area (Å²) in [6.07, 6.45) is 0. The number of halogens is 1. The van der Waals surface area contributed by atoms with Crippen molar-refractivity contribution in [3.63, 3.8) is 0 Å². The maximum Gasteiger partial charge on any atom is 0.263 e. The lowest BCUT2D eigenvalue weighted by atomic mass is 10.2. The molecule has 1 aromatic heterocycles. The van der Waals surface area contributed by atoms with Crippen molar-refractivity contribution >= 4 is 30.6 Å². The van der Waals surface area contributed by atoms with E-state index >= 15 is 0 Å². The molecular weight excluding hydrogens is 270 g/mol. The standard InChI is InChI=1S/C13H12ClNO2S/c1-3-4-9-15-10(2)13(18(14,16)17)11-7-5-6-8-12(11)15/h5-8H,9H2,1-2H3. The Morgan fingerprint density at radius 2 is 2.00 bits per heavy atom. The second kappa shape index (κ2) is 4.68. The lowest BCUT2D eigenvalue weighted by molar-refractivity contribution is 0.609. The first-order valence-corrected chi connectivity index (χ1v) is 7.70. The molecule has 18 heavy (non-hydrogen) atoms. The molecule has 0 fully saturated rings. The van der Waals surface area contributed by atoms with Crippen LogP contribution in [0.15, 0.2) is 29.2 Å². The van der Waals surface area contributed by atoms with Crippen molar-refractivity contribution < 1.29 is 8.42 Å². The van der Waals surface area contributed by atoms with Gasteiger partial charge in [0.1, 0.15) is 4.90 Å². The molecular formula is C13H12ClNO2S. The minimum absolute atomic E-state index is 0.178. The maximum atomic E-state index is 11.7. The highest BCUT2D eigenvalue weighted by Crippen LogP contribution is 2.31. The van der Waals surface area contributed by atoms with Crippen LogP contribution in [0.25, 0.3) is 10.9 Å². The van der Waals surface area contributed by atoms with Crippen LogP contribution in [0.4, 0.5) is 0 Å². The zero-order valence-electron chi connectivity index (χ0n) is 10.1. The molecule has 94 valence electrons. The van der Waals surface area contributed by atoms with Gasteiger partial charge in [-0.15, -0.1) is 5.92 Å². The van der Waals surface area contributed by atoms with E-state index in [0.717, 1.165) is 5.52 Å². The number of hydrogen-bond donors (Lipinski definition) is 0. The quantitative estimate of drug-likeness (QED) is 0.627. The van der Waals surface area contributed by atoms with Crippen molar-refractivity contribution in [2.75, 3.05) is 0 Å². The highest BCUT2D eigenvalue weighted by molar-refractivity contribution is 8.14. The molecule has 0 aliphatic heterocycles. The SMILES string of the molecule is CC#CCn1c(C)c(S(=O)(=O)Cl)c2ccccc21. The predicted octanol–water partition coefficient (Wildman–Crippen LogP) is 2.90. The first-order valence-electron chi connectivity index (χ1n) is 5.39. The highest BCUT2D eigenvalue weighted by atomic mass is 35.7. The Morgan fingerprint density at radius 3 is 2.61 bits per heavy atom. The summed E-state index contributed by atoms with van der Waals surface area (Å²) in [4.78, 5) is 0.178. The Hall–Kier alpha value is -1.44. The molecule has 0 atom stereocenters. The first-order chi connectivity index (χ1) is 8.46. The average molecular weight is 282 g/mol. The summed E-state index contributed by atoms with van der Waals surface area (Å²) in [7, 11) is 1.75. The molecule has 0 radical (unpaired) electrons. The number of para-hydroxylation sites is 1. The summed E-state index contributed by atoms with van der Waals surface area (Å²) in [6, 6.07) is 7.28. The molecule has 0 saturated heterocycles. The molecule has 3 nitrogen and oxygen atoms in total. The fourth-order valence-corrected chi connectivity index (χ4v) is 3.55. The second-order valence-electron chi connectivity index (χ2n) is 3.88. The summed E-state index contributed by atoms with van der Waals surface area (Å²) >= 11 is 0. The van der Waals surface area contributed by atoms with Crippen LogP contribution in [-0.2, 0) is 15.6 Å². The largest absolute Gasteiger partial charge is 0.332 e. The molecule has 0 aliphatic rings. The van der Waals surface area contributed by atoms with Gasteiger partial charge in [0.05, 0.1) is 12.1 Å². The van der Waals surface area contributed by atoms with Gasteiger partial charge in [-0.25, -0.2) is 8.42 Å². The van der Waals surface area contributed by atoms with Crippen molar-refractivity contribution in [1.29, 1.82) is 0 Å². The monoisotopic (exact) mass is 281 g/mol. The van der Waals surface area contributed by atoms with Gasteiger partial charge in [-0.3, -0.25) is 0 Å². The number of nitrogens with zero attached hydrogens (tertiary/aromatic N) is 1. The number of fused-ring (bicyclic) bond motifs is 1. The molecule has 5 heteroatoms. The van der Waals surface area contributed by atoms with Crippen LogP contribution in [0.5, 0.6) is 0 Å². The summed E-state index contributed by atoms with van der Waals surface area (Å²) in [5.41, 5.74) is 1.45. The van der Waals surface area contributed by atoms with Crippen LogP contribution in [0.2, 0.25) is 0 Å². The van der Waals surface area contributed by atoms with Gasteiger partial charge in [-0.2, -0.15) is 0 Å². The maximum absolute atomic E-state index is 11.7. The van der Waals surface area contributed by atoms with Gasteiger partial charge in [0.25, 0.3) is 9.05 Å². The molecule has 0 amide bonds. The molecule has 2 aromatic rings. The van der Waals surface area contributed by atoms with E-state index < -0.39 is 9.05 Å². The number of benzene rings is 1. The molecule has 0 spiro atoms. The Morgan fingerprint density at radius 1 is 1.33 bits per heavy atom. The molecule has 1 aromatic carbocycles. The van der Waals surface area contributed by atoms with E-state index in [0.29, 0.717) is 17.6 Å². The fraction of sp³-hybridized carbons (Fsp3) is 0.231. The van der Waals surface area contributed by atoms with E-state index in [1.807, 2.05) is 16.7 Å². The van der Waals surface area contributed by atoms with Gasteiger partial charge in [0.15, 0.2) is 0 Å². The van der Waals surface area contributed by atoms with E-state index in [9.17, 15) is 8.42 Å². The van der Waals surface area contributed by atoms with Crippen LogP contribution in [0, 0.1) is 18.8 Å². The van der Waals surface area contributed by atoms with Gasteiger partial charge in [0.2, 0.25) is 0 Å². The molecule has 1 heterocycles. The number of aromatic nitrogens is 1. The smallest absolute Gasteiger partial charge is 0.263 e. The second-order valence-corrected chi connectivity index (χ2v) is 6.39. The summed E-state index contributed by atoms with van der Waals surface area (Å²) < 4.78 is 25.2. The zero-order chi connectivity index (χ0) is 13.3. The molecule has 0 bridgehead atoms. The normalized spacial score (nSPS) is 11.3. The minimum Gasteiger partial charge on any atom is -0.332 e. The topological polar surface area (TPSA) is 39.1 Å². The fourth-order valence-electron chi connectivity index (χ4n) is 2.07. The van der Waals surface area contributed by atoms with E-state index in [-0.39, 0.29) is 4.90 Å². The third-order valence-corrected chi connectivity index (χ3v) is 4.30. The van der Waals surface area contributed by atoms with E-state index in [4.69, 9.17) is 10.7 Å². The minimum atomic E-state index is -3.76. The van der Waals surface area contributed by atoms with Gasteiger partial charge in [0, 0.05) is 21.8 Å². The van der Waals surface area contributed by atoms with Crippen LogP contribution >= 0.6 is 10.7 Å². The lowest BCUT2D eigenvalue weighted by Gasteiger charge is -2.02. The molecule has 0 N–H and O–H groups in total. The molecule has 0 aliphatic carbocycles. The van der Waals surface area contributed by atoms with Gasteiger partial charge >= 0.3 is 0 Å². The van der Waals surface area contributed by atoms with Crippen molar-refractivity contribution in [2.24, 2.45) is 0 Å². The van der Waals surface area contributed by atoms with Crippen molar-refractivity contribution in [2.45, 2.75) is 25.3 Å². The van der Waals surface area contributed by atoms with Crippen molar-refractivity contribution in [3.05, 3.63) is 30.0 Å². The van der Waals surface area contributed by atoms with Crippen LogP contribution in [-0.4, -0.2) is 13.0 Å². The zero-order valence-corrected chi connectivity index (χ0v) is 11.6. The third kappa shape index (κ3) is 2.12. The highest BCUT2D eigenvalue weighted by Gasteiger charge is 2.22. The summed E-state index contributed by atoms with van der Waals surface area (Å²) in [6.45, 7) is 3.95. The Labute approximate surface area is 111 Å². The molecule has 0 unspecified atom stereocenters. The number of hydrogen-bond acceptors (Lipinski definition) is 2. The average Bonchev–Trinajstić information content (AvgIpc) is 2.58. The van der Waals surface area contributed by atoms with E-state index in [2.05, 4.69) is 11.8 Å². The molecule has 2 rings (SSSR count). The van der Waals surface area contributed by atoms with Gasteiger partial charge in [-0.05, 0) is 19.9 Å². The summed E-state index contributed by atoms with van der Waals surface area (Å²) in [5.74, 6) is 5.74. The molecule has 0 saturated carbocycles. The third-order valence-electron chi connectivity index (χ3n) is 2.83. The summed E-state index contributed by atoms with van der Waals surface area (Å²) in [5, 5.41) is 0.642. The van der Waals surface area contributed by atoms with Gasteiger partial charge in [-0.1, -0.05) is 24.1 Å². The number of rotatable bonds is 2.